The average Bonchev–Trinajstić information content (AvgIpc) is 1.90. The van der Waals surface area contributed by atoms with Crippen LogP contribution in [0.2, 0.25) is 0 Å². The van der Waals surface area contributed by atoms with Crippen LogP contribution in [0.3, 0.4) is 0 Å². The van der Waals surface area contributed by atoms with Gasteiger partial charge in [-0.2, -0.15) is 0 Å². The van der Waals surface area contributed by atoms with E-state index < -0.39 is 0 Å². The summed E-state index contributed by atoms with van der Waals surface area (Å²) in [5.41, 5.74) is 0.392. The molecule has 0 bridgehead atoms. The van der Waals surface area contributed by atoms with E-state index in [4.69, 9.17) is 4.74 Å². The highest BCUT2D eigenvalue weighted by molar-refractivity contribution is 7.99. The zero-order valence-electron chi connectivity index (χ0n) is 4.93. The van der Waals surface area contributed by atoms with E-state index in [0.29, 0.717) is 5.44 Å². The molecular weight excluding hydrogens is 120 g/mol. The average molecular weight is 131 g/mol. The fourth-order valence-corrected chi connectivity index (χ4v) is 1.91. The lowest BCUT2D eigenvalue weighted by Gasteiger charge is -2.18. The Morgan fingerprint density at radius 3 is 2.75 bits per heavy atom. The summed E-state index contributed by atoms with van der Waals surface area (Å²) in [5, 5.41) is 0. The molecule has 1 rings (SSSR count). The molecule has 0 saturated carbocycles. The third kappa shape index (κ3) is 1.67. The Morgan fingerprint density at radius 1 is 1.50 bits per heavy atom. The Kier molecular flexibility index (Phi) is 2.70. The lowest BCUT2D eigenvalue weighted by atomic mass is 10.2. The van der Waals surface area contributed by atoms with Gasteiger partial charge in [0.25, 0.3) is 0 Å². The fourth-order valence-electron chi connectivity index (χ4n) is 0.843. The van der Waals surface area contributed by atoms with Gasteiger partial charge in [-0.05, 0) is 25.0 Å². The molecule has 1 radical (unpaired) electrons. The van der Waals surface area contributed by atoms with Gasteiger partial charge in [0, 0.05) is 0 Å². The zero-order valence-corrected chi connectivity index (χ0v) is 5.75. The number of thioether (sulfide) groups is 1. The van der Waals surface area contributed by atoms with Crippen LogP contribution in [0.15, 0.2) is 0 Å². The highest BCUT2D eigenvalue weighted by atomic mass is 32.2. The van der Waals surface area contributed by atoms with E-state index in [-0.39, 0.29) is 0 Å². The Hall–Kier alpha value is 0.310. The van der Waals surface area contributed by atoms with Crippen LogP contribution in [0.1, 0.15) is 19.3 Å². The van der Waals surface area contributed by atoms with E-state index in [1.165, 1.54) is 25.0 Å². The Labute approximate surface area is 54.8 Å². The Morgan fingerprint density at radius 2 is 2.38 bits per heavy atom. The molecule has 0 N–H and O–H groups in total. The van der Waals surface area contributed by atoms with Crippen molar-refractivity contribution >= 4 is 11.8 Å². The van der Waals surface area contributed by atoms with Gasteiger partial charge in [0.05, 0.1) is 7.11 Å². The molecule has 1 aliphatic rings. The van der Waals surface area contributed by atoms with E-state index in [1.807, 2.05) is 11.8 Å². The summed E-state index contributed by atoms with van der Waals surface area (Å²) in [5.74, 6) is 1.25. The highest BCUT2D eigenvalue weighted by Gasteiger charge is 2.11. The minimum atomic E-state index is 0.392. The second-order valence-corrected chi connectivity index (χ2v) is 3.23. The molecule has 1 unspecified atom stereocenters. The first-order valence-corrected chi connectivity index (χ1v) is 4.01. The topological polar surface area (TPSA) is 9.23 Å². The van der Waals surface area contributed by atoms with E-state index in [2.05, 4.69) is 7.11 Å². The molecule has 0 amide bonds. The normalized spacial score (nSPS) is 30.4. The van der Waals surface area contributed by atoms with Crippen LogP contribution in [0.25, 0.3) is 0 Å². The van der Waals surface area contributed by atoms with Gasteiger partial charge >= 0.3 is 0 Å². The van der Waals surface area contributed by atoms with Gasteiger partial charge in [0.1, 0.15) is 5.44 Å². The van der Waals surface area contributed by atoms with Crippen molar-refractivity contribution in [3.05, 3.63) is 7.11 Å². The second kappa shape index (κ2) is 3.36. The van der Waals surface area contributed by atoms with Crippen molar-refractivity contribution in [3.63, 3.8) is 0 Å². The van der Waals surface area contributed by atoms with Crippen LogP contribution in [0.5, 0.6) is 0 Å². The molecule has 0 spiro atoms. The highest BCUT2D eigenvalue weighted by Crippen LogP contribution is 2.24. The molecule has 8 heavy (non-hydrogen) atoms. The molecule has 0 aliphatic carbocycles. The first kappa shape index (κ1) is 6.43. The number of hydrogen-bond acceptors (Lipinski definition) is 2. The van der Waals surface area contributed by atoms with Crippen molar-refractivity contribution in [2.75, 3.05) is 5.75 Å². The Balaban J connectivity index is 2.13. The van der Waals surface area contributed by atoms with Gasteiger partial charge in [0.2, 0.25) is 0 Å². The van der Waals surface area contributed by atoms with Gasteiger partial charge in [-0.25, -0.2) is 0 Å². The number of rotatable bonds is 1. The third-order valence-electron chi connectivity index (χ3n) is 1.32. The first-order chi connectivity index (χ1) is 3.93. The number of ether oxygens (including phenoxy) is 1. The molecule has 0 aromatic carbocycles. The summed E-state index contributed by atoms with van der Waals surface area (Å²) in [4.78, 5) is 0. The van der Waals surface area contributed by atoms with E-state index >= 15 is 0 Å². The zero-order chi connectivity index (χ0) is 5.82. The van der Waals surface area contributed by atoms with Crippen LogP contribution >= 0.6 is 11.8 Å². The minimum Gasteiger partial charge on any atom is -0.365 e. The molecule has 1 atom stereocenters. The maximum atomic E-state index is 4.90. The second-order valence-electron chi connectivity index (χ2n) is 1.96. The number of hydrogen-bond donors (Lipinski definition) is 0. The molecule has 1 fully saturated rings. The third-order valence-corrected chi connectivity index (χ3v) is 2.59. The SMILES string of the molecule is [CH2]OC1CCCCS1. The predicted octanol–water partition coefficient (Wildman–Crippen LogP) is 2.04. The monoisotopic (exact) mass is 131 g/mol. The maximum absolute atomic E-state index is 4.90. The first-order valence-electron chi connectivity index (χ1n) is 2.96. The molecule has 47 valence electrons. The molecule has 2 heteroatoms. The fraction of sp³-hybridized carbons (Fsp3) is 0.833. The minimum absolute atomic E-state index is 0.392. The van der Waals surface area contributed by atoms with Crippen molar-refractivity contribution in [1.29, 1.82) is 0 Å². The molecular formula is C6H11OS. The van der Waals surface area contributed by atoms with Crippen molar-refractivity contribution in [1.82, 2.24) is 0 Å². The summed E-state index contributed by atoms with van der Waals surface area (Å²) in [7, 11) is 3.39. The maximum Gasteiger partial charge on any atom is 0.103 e. The quantitative estimate of drug-likeness (QED) is 0.538. The van der Waals surface area contributed by atoms with Crippen LogP contribution < -0.4 is 0 Å². The van der Waals surface area contributed by atoms with Gasteiger partial charge in [0.15, 0.2) is 0 Å². The van der Waals surface area contributed by atoms with Crippen molar-refractivity contribution in [2.45, 2.75) is 24.7 Å². The van der Waals surface area contributed by atoms with E-state index in [1.54, 1.807) is 0 Å². The lowest BCUT2D eigenvalue weighted by Crippen LogP contribution is -2.09. The van der Waals surface area contributed by atoms with Crippen LogP contribution in [0, 0.1) is 7.11 Å². The van der Waals surface area contributed by atoms with E-state index in [0.717, 1.165) is 0 Å². The van der Waals surface area contributed by atoms with Crippen LogP contribution in [-0.4, -0.2) is 11.2 Å². The van der Waals surface area contributed by atoms with Crippen LogP contribution in [-0.2, 0) is 4.74 Å². The summed E-state index contributed by atoms with van der Waals surface area (Å²) in [6.45, 7) is 0. The molecule has 0 aromatic rings. The summed E-state index contributed by atoms with van der Waals surface area (Å²) < 4.78 is 4.90. The smallest absolute Gasteiger partial charge is 0.103 e. The molecule has 1 heterocycles. The van der Waals surface area contributed by atoms with E-state index in [9.17, 15) is 0 Å². The van der Waals surface area contributed by atoms with Gasteiger partial charge in [-0.1, -0.05) is 0 Å². The molecule has 1 saturated heterocycles. The lowest BCUT2D eigenvalue weighted by molar-refractivity contribution is 0.200. The predicted molar refractivity (Wildman–Crippen MR) is 36.5 cm³/mol. The molecule has 1 aliphatic heterocycles. The van der Waals surface area contributed by atoms with Crippen molar-refractivity contribution < 1.29 is 4.74 Å². The standard InChI is InChI=1S/C6H11OS/c1-7-6-4-2-3-5-8-6/h6H,1-5H2. The van der Waals surface area contributed by atoms with Gasteiger partial charge < -0.3 is 4.74 Å². The van der Waals surface area contributed by atoms with Gasteiger partial charge in [-0.3, -0.25) is 0 Å². The molecule has 0 aromatic heterocycles. The summed E-state index contributed by atoms with van der Waals surface area (Å²) in [6.07, 6.45) is 3.85. The Bertz CT molecular complexity index is 59.5. The summed E-state index contributed by atoms with van der Waals surface area (Å²) >= 11 is 1.88. The van der Waals surface area contributed by atoms with Crippen molar-refractivity contribution in [2.24, 2.45) is 0 Å². The largest absolute Gasteiger partial charge is 0.365 e. The van der Waals surface area contributed by atoms with Gasteiger partial charge in [-0.15, -0.1) is 11.8 Å². The summed E-state index contributed by atoms with van der Waals surface area (Å²) in [6, 6.07) is 0. The van der Waals surface area contributed by atoms with Crippen molar-refractivity contribution in [3.8, 4) is 0 Å². The van der Waals surface area contributed by atoms with Crippen LogP contribution in [0.4, 0.5) is 0 Å². The molecule has 1 nitrogen and oxygen atoms in total.